The minimum Gasteiger partial charge on any atom is -0.338 e. The van der Waals surface area contributed by atoms with Gasteiger partial charge in [0.2, 0.25) is 5.91 Å². The molecule has 1 atom stereocenters. The Bertz CT molecular complexity index is 737. The summed E-state index contributed by atoms with van der Waals surface area (Å²) in [5.74, 6) is 0.939. The second kappa shape index (κ2) is 8.94. The van der Waals surface area contributed by atoms with E-state index in [0.29, 0.717) is 11.8 Å². The van der Waals surface area contributed by atoms with Crippen molar-refractivity contribution in [2.75, 3.05) is 19.6 Å². The molecular weight excluding hydrogens is 376 g/mol. The number of pyridine rings is 1. The minimum atomic E-state index is -0.203. The Morgan fingerprint density at radius 3 is 2.47 bits per heavy atom. The van der Waals surface area contributed by atoms with E-state index in [1.165, 1.54) is 12.0 Å². The van der Waals surface area contributed by atoms with Crippen LogP contribution in [0.3, 0.4) is 0 Å². The van der Waals surface area contributed by atoms with Crippen LogP contribution < -0.4 is 5.32 Å². The van der Waals surface area contributed by atoms with Crippen LogP contribution in [-0.4, -0.2) is 52.4 Å². The number of likely N-dealkylation sites (tertiary alicyclic amines) is 2. The number of rotatable bonds is 5. The smallest absolute Gasteiger partial charge is 0.317 e. The molecule has 3 aliphatic rings. The van der Waals surface area contributed by atoms with Crippen molar-refractivity contribution in [3.05, 3.63) is 30.1 Å². The van der Waals surface area contributed by atoms with Gasteiger partial charge in [0.05, 0.1) is 11.5 Å². The van der Waals surface area contributed by atoms with Crippen LogP contribution in [0, 0.1) is 11.3 Å². The van der Waals surface area contributed by atoms with E-state index >= 15 is 0 Å². The van der Waals surface area contributed by atoms with E-state index in [2.05, 4.69) is 41.2 Å². The number of hydrogen-bond acceptors (Lipinski definition) is 3. The van der Waals surface area contributed by atoms with Crippen LogP contribution in [0.5, 0.6) is 0 Å². The monoisotopic (exact) mass is 412 g/mol. The Morgan fingerprint density at radius 2 is 1.83 bits per heavy atom. The molecule has 1 saturated carbocycles. The summed E-state index contributed by atoms with van der Waals surface area (Å²) in [6.45, 7) is 6.50. The van der Waals surface area contributed by atoms with Crippen molar-refractivity contribution in [1.82, 2.24) is 20.1 Å². The van der Waals surface area contributed by atoms with Crippen molar-refractivity contribution in [2.24, 2.45) is 11.3 Å². The third-order valence-electron chi connectivity index (χ3n) is 7.37. The van der Waals surface area contributed by atoms with Gasteiger partial charge < -0.3 is 15.1 Å². The molecule has 0 bridgehead atoms. The van der Waals surface area contributed by atoms with Crippen LogP contribution in [0.25, 0.3) is 0 Å². The van der Waals surface area contributed by atoms with Crippen molar-refractivity contribution in [1.29, 1.82) is 0 Å². The molecule has 3 amide bonds. The molecule has 2 saturated heterocycles. The molecular formula is C24H36N4O2. The van der Waals surface area contributed by atoms with Crippen LogP contribution >= 0.6 is 0 Å². The molecule has 30 heavy (non-hydrogen) atoms. The standard InChI is InChI=1S/C24H36N4O2/c1-18(2)6-15-26-23(30)27-16-9-20(10-17-27)28-21(19-7-13-25-14-8-19)24(22(28)29)11-4-3-5-12-24/h7-8,13-14,18,20-21H,3-6,9-12,15-17H2,1-2H3,(H,26,30). The fourth-order valence-electron chi connectivity index (χ4n) is 5.69. The zero-order valence-electron chi connectivity index (χ0n) is 18.5. The number of urea groups is 1. The van der Waals surface area contributed by atoms with Crippen molar-refractivity contribution in [3.8, 4) is 0 Å². The number of carbonyl (C=O) groups is 2. The number of amides is 3. The quantitative estimate of drug-likeness (QED) is 0.740. The van der Waals surface area contributed by atoms with Gasteiger partial charge >= 0.3 is 6.03 Å². The topological polar surface area (TPSA) is 65.5 Å². The highest BCUT2D eigenvalue weighted by atomic mass is 16.2. The Kier molecular flexibility index (Phi) is 6.30. The second-order valence-corrected chi connectivity index (χ2v) is 9.74. The molecule has 6 nitrogen and oxygen atoms in total. The van der Waals surface area contributed by atoms with Crippen molar-refractivity contribution in [3.63, 3.8) is 0 Å². The number of hydrogen-bond donors (Lipinski definition) is 1. The largest absolute Gasteiger partial charge is 0.338 e. The SMILES string of the molecule is CC(C)CCNC(=O)N1CCC(N2C(=O)C3(CCCCC3)C2c2ccncc2)CC1. The van der Waals surface area contributed by atoms with Gasteiger partial charge in [-0.1, -0.05) is 33.1 Å². The third kappa shape index (κ3) is 3.93. The molecule has 3 heterocycles. The average molecular weight is 413 g/mol. The molecule has 1 aromatic rings. The van der Waals surface area contributed by atoms with E-state index < -0.39 is 0 Å². The summed E-state index contributed by atoms with van der Waals surface area (Å²) in [6.07, 6.45) is 12.0. The molecule has 1 spiro atoms. The maximum absolute atomic E-state index is 13.5. The third-order valence-corrected chi connectivity index (χ3v) is 7.37. The maximum atomic E-state index is 13.5. The zero-order valence-corrected chi connectivity index (χ0v) is 18.5. The van der Waals surface area contributed by atoms with E-state index in [1.807, 2.05) is 17.3 Å². The Labute approximate surface area is 180 Å². The summed E-state index contributed by atoms with van der Waals surface area (Å²) in [5, 5.41) is 3.05. The second-order valence-electron chi connectivity index (χ2n) is 9.74. The molecule has 1 aromatic heterocycles. The molecule has 0 aromatic carbocycles. The van der Waals surface area contributed by atoms with Gasteiger partial charge in [-0.2, -0.15) is 0 Å². The van der Waals surface area contributed by atoms with Gasteiger partial charge in [0.25, 0.3) is 0 Å². The van der Waals surface area contributed by atoms with E-state index in [1.54, 1.807) is 0 Å². The molecule has 4 rings (SSSR count). The maximum Gasteiger partial charge on any atom is 0.317 e. The molecule has 164 valence electrons. The van der Waals surface area contributed by atoms with Crippen LogP contribution in [0.4, 0.5) is 4.79 Å². The molecule has 3 fully saturated rings. The molecule has 1 aliphatic carbocycles. The van der Waals surface area contributed by atoms with Gasteiger partial charge in [0.1, 0.15) is 0 Å². The number of nitrogens with one attached hydrogen (secondary N) is 1. The van der Waals surface area contributed by atoms with Crippen LogP contribution in [0.15, 0.2) is 24.5 Å². The van der Waals surface area contributed by atoms with Crippen LogP contribution in [0.1, 0.15) is 76.8 Å². The summed E-state index contributed by atoms with van der Waals surface area (Å²) >= 11 is 0. The zero-order chi connectivity index (χ0) is 21.1. The number of piperidine rings is 1. The Hall–Kier alpha value is -2.11. The molecule has 1 unspecified atom stereocenters. The lowest BCUT2D eigenvalue weighted by atomic mass is 9.59. The highest BCUT2D eigenvalue weighted by Crippen LogP contribution is 2.59. The lowest BCUT2D eigenvalue weighted by Gasteiger charge is -2.61. The summed E-state index contributed by atoms with van der Waals surface area (Å²) in [5.41, 5.74) is 1.02. The van der Waals surface area contributed by atoms with Crippen molar-refractivity contribution < 1.29 is 9.59 Å². The molecule has 1 N–H and O–H groups in total. The van der Waals surface area contributed by atoms with Gasteiger partial charge in [-0.15, -0.1) is 0 Å². The van der Waals surface area contributed by atoms with Crippen molar-refractivity contribution in [2.45, 2.75) is 77.3 Å². The summed E-state index contributed by atoms with van der Waals surface area (Å²) in [7, 11) is 0. The Morgan fingerprint density at radius 1 is 1.17 bits per heavy atom. The summed E-state index contributed by atoms with van der Waals surface area (Å²) < 4.78 is 0. The number of aromatic nitrogens is 1. The first-order valence-corrected chi connectivity index (χ1v) is 11.8. The normalized spacial score (nSPS) is 24.2. The highest BCUT2D eigenvalue weighted by molar-refractivity contribution is 5.91. The Balaban J connectivity index is 1.41. The van der Waals surface area contributed by atoms with Gasteiger partial charge in [0.15, 0.2) is 0 Å². The van der Waals surface area contributed by atoms with Gasteiger partial charge in [-0.25, -0.2) is 4.79 Å². The predicted octanol–water partition coefficient (Wildman–Crippen LogP) is 4.14. The van der Waals surface area contributed by atoms with Gasteiger partial charge in [0, 0.05) is 38.1 Å². The van der Waals surface area contributed by atoms with Crippen LogP contribution in [0.2, 0.25) is 0 Å². The first-order valence-electron chi connectivity index (χ1n) is 11.8. The minimum absolute atomic E-state index is 0.0403. The molecule has 0 radical (unpaired) electrons. The summed E-state index contributed by atoms with van der Waals surface area (Å²) in [4.78, 5) is 34.2. The van der Waals surface area contributed by atoms with Gasteiger partial charge in [-0.3, -0.25) is 9.78 Å². The first kappa shape index (κ1) is 21.1. The number of nitrogens with zero attached hydrogens (tertiary/aromatic N) is 3. The first-order chi connectivity index (χ1) is 14.5. The van der Waals surface area contributed by atoms with E-state index in [4.69, 9.17) is 0 Å². The average Bonchev–Trinajstić information content (AvgIpc) is 2.78. The molecule has 2 aliphatic heterocycles. The van der Waals surface area contributed by atoms with Crippen molar-refractivity contribution >= 4 is 11.9 Å². The summed E-state index contributed by atoms with van der Waals surface area (Å²) in [6, 6.07) is 4.60. The van der Waals surface area contributed by atoms with E-state index in [0.717, 1.165) is 64.6 Å². The predicted molar refractivity (Wildman–Crippen MR) is 117 cm³/mol. The lowest BCUT2D eigenvalue weighted by molar-refractivity contribution is -0.186. The van der Waals surface area contributed by atoms with E-state index in [9.17, 15) is 9.59 Å². The highest BCUT2D eigenvalue weighted by Gasteiger charge is 2.62. The number of β-lactam (4-membered cyclic amide) rings is 1. The lowest BCUT2D eigenvalue weighted by Crippen LogP contribution is -2.68. The number of carbonyl (C=O) groups excluding carboxylic acids is 2. The van der Waals surface area contributed by atoms with E-state index in [-0.39, 0.29) is 23.5 Å². The molecule has 6 heteroatoms. The van der Waals surface area contributed by atoms with Crippen LogP contribution in [-0.2, 0) is 4.79 Å². The fraction of sp³-hybridized carbons (Fsp3) is 0.708. The van der Waals surface area contributed by atoms with Gasteiger partial charge in [-0.05, 0) is 55.7 Å². The fourth-order valence-corrected chi connectivity index (χ4v) is 5.69.